The lowest BCUT2D eigenvalue weighted by Crippen LogP contribution is -2.60. The van der Waals surface area contributed by atoms with Gasteiger partial charge in [0.25, 0.3) is 5.56 Å². The Kier molecular flexibility index (Phi) is 7.05. The SMILES string of the molecule is Cc1cc(-c2cnccc2Cn2ccc3ccccc3c2=O)ccc1O[C@H]1O[C@@H](CO)[C@@H](O)[C@H](O)[C@H]1O. The molecule has 4 aromatic rings. The molecule has 1 aliphatic rings. The Bertz CT molecular complexity index is 1470. The summed E-state index contributed by atoms with van der Waals surface area (Å²) in [6.45, 7) is 1.66. The molecule has 0 radical (unpaired) electrons. The van der Waals surface area contributed by atoms with Crippen molar-refractivity contribution in [3.05, 3.63) is 94.7 Å². The molecule has 9 nitrogen and oxygen atoms in total. The van der Waals surface area contributed by atoms with Crippen LogP contribution < -0.4 is 10.3 Å². The molecule has 0 aliphatic carbocycles. The number of nitrogens with zero attached hydrogens (tertiary/aromatic N) is 2. The fourth-order valence-electron chi connectivity index (χ4n) is 4.60. The highest BCUT2D eigenvalue weighted by molar-refractivity contribution is 5.81. The number of hydrogen-bond donors (Lipinski definition) is 4. The van der Waals surface area contributed by atoms with Crippen LogP contribution in [0.4, 0.5) is 0 Å². The van der Waals surface area contributed by atoms with Gasteiger partial charge in [0.1, 0.15) is 30.2 Å². The summed E-state index contributed by atoms with van der Waals surface area (Å²) in [5.74, 6) is 0.407. The Morgan fingerprint density at radius 1 is 1.03 bits per heavy atom. The summed E-state index contributed by atoms with van der Waals surface area (Å²) in [7, 11) is 0. The van der Waals surface area contributed by atoms with Crippen LogP contribution in [-0.2, 0) is 11.3 Å². The van der Waals surface area contributed by atoms with Gasteiger partial charge < -0.3 is 34.5 Å². The number of aliphatic hydroxyl groups excluding tert-OH is 4. The fourth-order valence-corrected chi connectivity index (χ4v) is 4.60. The summed E-state index contributed by atoms with van der Waals surface area (Å²) in [6.07, 6.45) is -1.58. The highest BCUT2D eigenvalue weighted by Gasteiger charge is 2.44. The minimum Gasteiger partial charge on any atom is -0.462 e. The van der Waals surface area contributed by atoms with Crippen molar-refractivity contribution in [3.63, 3.8) is 0 Å². The molecule has 0 spiro atoms. The van der Waals surface area contributed by atoms with Crippen molar-refractivity contribution in [2.24, 2.45) is 0 Å². The smallest absolute Gasteiger partial charge is 0.258 e. The number of aromatic nitrogens is 2. The molecule has 192 valence electrons. The van der Waals surface area contributed by atoms with Crippen molar-refractivity contribution in [1.29, 1.82) is 0 Å². The van der Waals surface area contributed by atoms with Crippen molar-refractivity contribution in [2.75, 3.05) is 6.61 Å². The summed E-state index contributed by atoms with van der Waals surface area (Å²) in [6, 6.07) is 16.7. The zero-order chi connectivity index (χ0) is 26.1. The molecule has 1 aliphatic heterocycles. The molecule has 0 unspecified atom stereocenters. The van der Waals surface area contributed by atoms with E-state index in [0.717, 1.165) is 27.6 Å². The van der Waals surface area contributed by atoms with Gasteiger partial charge in [-0.15, -0.1) is 0 Å². The number of pyridine rings is 2. The van der Waals surface area contributed by atoms with Crippen LogP contribution in [0.2, 0.25) is 0 Å². The lowest BCUT2D eigenvalue weighted by Gasteiger charge is -2.39. The van der Waals surface area contributed by atoms with Crippen molar-refractivity contribution < 1.29 is 29.9 Å². The standard InChI is InChI=1S/C28H28N2O7/c1-16-12-18(6-7-22(16)36-28-26(34)25(33)24(32)23(15-31)37-28)21-13-29-10-8-19(21)14-30-11-9-17-4-2-3-5-20(17)27(30)35/h2-13,23-26,28,31-34H,14-15H2,1H3/t23-,24+,25-,26+,28-/m0/s1. The van der Waals surface area contributed by atoms with Crippen LogP contribution in [0.3, 0.4) is 0 Å². The van der Waals surface area contributed by atoms with E-state index in [2.05, 4.69) is 4.98 Å². The van der Waals surface area contributed by atoms with E-state index >= 15 is 0 Å². The van der Waals surface area contributed by atoms with Crippen LogP contribution in [0.1, 0.15) is 11.1 Å². The molecule has 2 aromatic heterocycles. The number of hydrogen-bond acceptors (Lipinski definition) is 8. The second-order valence-electron chi connectivity index (χ2n) is 9.16. The lowest BCUT2D eigenvalue weighted by molar-refractivity contribution is -0.277. The first-order chi connectivity index (χ1) is 17.9. The van der Waals surface area contributed by atoms with E-state index < -0.39 is 37.3 Å². The minimum atomic E-state index is -1.52. The highest BCUT2D eigenvalue weighted by Crippen LogP contribution is 2.31. The Morgan fingerprint density at radius 3 is 2.62 bits per heavy atom. The Hall–Kier alpha value is -3.60. The molecule has 3 heterocycles. The Morgan fingerprint density at radius 2 is 1.84 bits per heavy atom. The lowest BCUT2D eigenvalue weighted by atomic mass is 9.98. The Balaban J connectivity index is 1.41. The van der Waals surface area contributed by atoms with Gasteiger partial charge in [-0.1, -0.05) is 24.3 Å². The monoisotopic (exact) mass is 504 g/mol. The van der Waals surface area contributed by atoms with Gasteiger partial charge >= 0.3 is 0 Å². The number of fused-ring (bicyclic) bond motifs is 1. The molecule has 0 amide bonds. The van der Waals surface area contributed by atoms with Gasteiger partial charge in [0, 0.05) is 29.5 Å². The van der Waals surface area contributed by atoms with E-state index in [1.807, 2.05) is 55.5 Å². The van der Waals surface area contributed by atoms with E-state index in [0.29, 0.717) is 17.7 Å². The van der Waals surface area contributed by atoms with Gasteiger partial charge in [0.2, 0.25) is 6.29 Å². The summed E-state index contributed by atoms with van der Waals surface area (Å²) in [5.41, 5.74) is 3.28. The van der Waals surface area contributed by atoms with Crippen LogP contribution in [0.15, 0.2) is 78.0 Å². The number of benzene rings is 2. The van der Waals surface area contributed by atoms with Gasteiger partial charge in [-0.05, 0) is 59.3 Å². The molecule has 1 saturated heterocycles. The molecule has 37 heavy (non-hydrogen) atoms. The first-order valence-electron chi connectivity index (χ1n) is 12.0. The van der Waals surface area contributed by atoms with E-state index in [1.165, 1.54) is 0 Å². The third-order valence-corrected chi connectivity index (χ3v) is 6.72. The van der Waals surface area contributed by atoms with Gasteiger partial charge in [0.05, 0.1) is 13.2 Å². The van der Waals surface area contributed by atoms with E-state index in [4.69, 9.17) is 9.47 Å². The summed E-state index contributed by atoms with van der Waals surface area (Å²) in [4.78, 5) is 17.3. The summed E-state index contributed by atoms with van der Waals surface area (Å²) in [5, 5.41) is 41.3. The van der Waals surface area contributed by atoms with Crippen molar-refractivity contribution in [2.45, 2.75) is 44.2 Å². The molecule has 5 rings (SSSR count). The molecule has 0 bridgehead atoms. The molecule has 1 fully saturated rings. The number of ether oxygens (including phenoxy) is 2. The summed E-state index contributed by atoms with van der Waals surface area (Å²) >= 11 is 0. The fraction of sp³-hybridized carbons (Fsp3) is 0.286. The molecule has 9 heteroatoms. The normalized spacial score (nSPS) is 23.8. The third kappa shape index (κ3) is 4.87. The maximum absolute atomic E-state index is 13.0. The van der Waals surface area contributed by atoms with Crippen LogP contribution in [0.25, 0.3) is 21.9 Å². The predicted octanol–water partition coefficient (Wildman–Crippen LogP) is 1.60. The molecule has 0 saturated carbocycles. The predicted molar refractivity (Wildman–Crippen MR) is 136 cm³/mol. The van der Waals surface area contributed by atoms with E-state index in [9.17, 15) is 25.2 Å². The molecule has 5 atom stereocenters. The quantitative estimate of drug-likeness (QED) is 0.311. The average molecular weight is 505 g/mol. The van der Waals surface area contributed by atoms with Crippen LogP contribution >= 0.6 is 0 Å². The number of rotatable bonds is 6. The van der Waals surface area contributed by atoms with Crippen molar-refractivity contribution in [3.8, 4) is 16.9 Å². The topological polar surface area (TPSA) is 134 Å². The van der Waals surface area contributed by atoms with Crippen molar-refractivity contribution in [1.82, 2.24) is 9.55 Å². The van der Waals surface area contributed by atoms with Crippen LogP contribution in [0.5, 0.6) is 5.75 Å². The van der Waals surface area contributed by atoms with Gasteiger partial charge in [-0.2, -0.15) is 0 Å². The van der Waals surface area contributed by atoms with Crippen molar-refractivity contribution >= 4 is 10.8 Å². The van der Waals surface area contributed by atoms with Gasteiger partial charge in [0.15, 0.2) is 0 Å². The molecular weight excluding hydrogens is 476 g/mol. The van der Waals surface area contributed by atoms with Crippen LogP contribution in [0, 0.1) is 6.92 Å². The highest BCUT2D eigenvalue weighted by atomic mass is 16.7. The number of aliphatic hydroxyl groups is 4. The molecule has 2 aromatic carbocycles. The zero-order valence-electron chi connectivity index (χ0n) is 20.1. The number of aryl methyl sites for hydroxylation is 1. The second-order valence-corrected chi connectivity index (χ2v) is 9.16. The van der Waals surface area contributed by atoms with E-state index in [-0.39, 0.29) is 5.56 Å². The summed E-state index contributed by atoms with van der Waals surface area (Å²) < 4.78 is 12.9. The first kappa shape index (κ1) is 25.1. The Labute approximate surface area is 212 Å². The second kappa shape index (κ2) is 10.4. The van der Waals surface area contributed by atoms with Crippen LogP contribution in [-0.4, -0.2) is 67.3 Å². The maximum Gasteiger partial charge on any atom is 0.258 e. The molecule has 4 N–H and O–H groups in total. The third-order valence-electron chi connectivity index (χ3n) is 6.72. The maximum atomic E-state index is 13.0. The molecular formula is C28H28N2O7. The average Bonchev–Trinajstić information content (AvgIpc) is 2.92. The van der Waals surface area contributed by atoms with Gasteiger partial charge in [-0.3, -0.25) is 9.78 Å². The van der Waals surface area contributed by atoms with Gasteiger partial charge in [-0.25, -0.2) is 0 Å². The minimum absolute atomic E-state index is 0.0691. The zero-order valence-corrected chi connectivity index (χ0v) is 20.1. The first-order valence-corrected chi connectivity index (χ1v) is 12.0. The van der Waals surface area contributed by atoms with E-state index in [1.54, 1.807) is 29.2 Å². The largest absolute Gasteiger partial charge is 0.462 e.